The summed E-state index contributed by atoms with van der Waals surface area (Å²) in [6.45, 7) is 3.58. The Morgan fingerprint density at radius 1 is 0.950 bits per heavy atom. The van der Waals surface area contributed by atoms with Crippen molar-refractivity contribution >= 4 is 0 Å². The van der Waals surface area contributed by atoms with Gasteiger partial charge in [0.2, 0.25) is 0 Å². The molecule has 0 saturated heterocycles. The van der Waals surface area contributed by atoms with Gasteiger partial charge in [-0.2, -0.15) is 0 Å². The van der Waals surface area contributed by atoms with Gasteiger partial charge in [0.1, 0.15) is 0 Å². The monoisotopic (exact) mass is 279 g/mol. The van der Waals surface area contributed by atoms with Crippen LogP contribution in [0, 0.1) is 17.3 Å². The predicted octanol–water partition coefficient (Wildman–Crippen LogP) is 5.54. The second kappa shape index (κ2) is 8.41. The first kappa shape index (κ1) is 16.3. The molecule has 118 valence electrons. The fourth-order valence-corrected chi connectivity index (χ4v) is 5.13. The lowest BCUT2D eigenvalue weighted by Crippen LogP contribution is -2.37. The van der Waals surface area contributed by atoms with Crippen molar-refractivity contribution in [1.29, 1.82) is 0 Å². The van der Waals surface area contributed by atoms with E-state index >= 15 is 0 Å². The quantitative estimate of drug-likeness (QED) is 0.489. The molecule has 3 unspecified atom stereocenters. The van der Waals surface area contributed by atoms with Gasteiger partial charge in [0.05, 0.1) is 0 Å². The number of rotatable bonds is 11. The molecule has 20 heavy (non-hydrogen) atoms. The summed E-state index contributed by atoms with van der Waals surface area (Å²) in [6.07, 6.45) is 19.3. The molecule has 3 atom stereocenters. The maximum Gasteiger partial charge on any atom is 0.000756 e. The molecule has 0 aromatic heterocycles. The topological polar surface area (TPSA) is 12.0 Å². The van der Waals surface area contributed by atoms with E-state index in [1.54, 1.807) is 6.42 Å². The Bertz CT molecular complexity index is 262. The average Bonchev–Trinajstić information content (AvgIpc) is 3.03. The summed E-state index contributed by atoms with van der Waals surface area (Å²) < 4.78 is 0. The summed E-state index contributed by atoms with van der Waals surface area (Å²) in [4.78, 5) is 0. The third kappa shape index (κ3) is 4.23. The number of unbranched alkanes of at least 4 members (excludes halogenated alkanes) is 7. The fraction of sp³-hybridized carbons (Fsp3) is 1.00. The molecule has 0 amide bonds. The van der Waals surface area contributed by atoms with E-state index in [0.717, 1.165) is 11.8 Å². The molecule has 1 N–H and O–H groups in total. The molecule has 2 saturated carbocycles. The van der Waals surface area contributed by atoms with Gasteiger partial charge in [-0.05, 0) is 50.0 Å². The van der Waals surface area contributed by atoms with Gasteiger partial charge < -0.3 is 5.32 Å². The molecule has 1 nitrogen and oxygen atoms in total. The summed E-state index contributed by atoms with van der Waals surface area (Å²) in [5.41, 5.74) is 0.694. The lowest BCUT2D eigenvalue weighted by atomic mass is 9.70. The van der Waals surface area contributed by atoms with Gasteiger partial charge in [0, 0.05) is 6.54 Å². The molecule has 1 heteroatoms. The predicted molar refractivity (Wildman–Crippen MR) is 89.0 cm³/mol. The van der Waals surface area contributed by atoms with Crippen LogP contribution in [0.4, 0.5) is 0 Å². The van der Waals surface area contributed by atoms with E-state index in [-0.39, 0.29) is 0 Å². The number of hydrogen-bond donors (Lipinski definition) is 1. The Morgan fingerprint density at radius 2 is 1.65 bits per heavy atom. The van der Waals surface area contributed by atoms with Crippen molar-refractivity contribution in [3.63, 3.8) is 0 Å². The summed E-state index contributed by atoms with van der Waals surface area (Å²) in [6, 6.07) is 0. The second-order valence-corrected chi connectivity index (χ2v) is 7.70. The van der Waals surface area contributed by atoms with Gasteiger partial charge in [-0.15, -0.1) is 0 Å². The second-order valence-electron chi connectivity index (χ2n) is 7.70. The maximum absolute atomic E-state index is 3.51. The summed E-state index contributed by atoms with van der Waals surface area (Å²) >= 11 is 0. The van der Waals surface area contributed by atoms with Crippen LogP contribution in [0.1, 0.15) is 90.4 Å². The number of fused-ring (bicyclic) bond motifs is 2. The van der Waals surface area contributed by atoms with Gasteiger partial charge in [-0.25, -0.2) is 0 Å². The first-order chi connectivity index (χ1) is 9.80. The zero-order valence-corrected chi connectivity index (χ0v) is 14.1. The highest BCUT2D eigenvalue weighted by Gasteiger charge is 2.49. The van der Waals surface area contributed by atoms with Crippen LogP contribution in [0.5, 0.6) is 0 Å². The molecule has 2 fully saturated rings. The minimum Gasteiger partial charge on any atom is -0.319 e. The van der Waals surface area contributed by atoms with Crippen molar-refractivity contribution in [3.05, 3.63) is 0 Å². The lowest BCUT2D eigenvalue weighted by molar-refractivity contribution is 0.141. The molecule has 2 rings (SSSR count). The Hall–Kier alpha value is -0.0400. The highest BCUT2D eigenvalue weighted by atomic mass is 14.8. The van der Waals surface area contributed by atoms with E-state index < -0.39 is 0 Å². The Balaban J connectivity index is 1.59. The van der Waals surface area contributed by atoms with E-state index in [2.05, 4.69) is 19.3 Å². The molecule has 2 aliphatic carbocycles. The minimum absolute atomic E-state index is 0.694. The van der Waals surface area contributed by atoms with Crippen molar-refractivity contribution in [2.24, 2.45) is 17.3 Å². The van der Waals surface area contributed by atoms with Crippen LogP contribution in [0.3, 0.4) is 0 Å². The zero-order chi connectivity index (χ0) is 14.3. The SMILES string of the molecule is CCCCCCCCCCC1(CNC)CC2CCC1C2. The third-order valence-electron chi connectivity index (χ3n) is 6.16. The van der Waals surface area contributed by atoms with Crippen molar-refractivity contribution in [3.8, 4) is 0 Å². The third-order valence-corrected chi connectivity index (χ3v) is 6.16. The average molecular weight is 280 g/mol. The largest absolute Gasteiger partial charge is 0.319 e. The summed E-state index contributed by atoms with van der Waals surface area (Å²) in [7, 11) is 2.15. The molecular weight excluding hydrogens is 242 g/mol. The minimum atomic E-state index is 0.694. The number of nitrogens with one attached hydrogen (secondary N) is 1. The van der Waals surface area contributed by atoms with Gasteiger partial charge in [0.15, 0.2) is 0 Å². The van der Waals surface area contributed by atoms with Crippen LogP contribution in [-0.4, -0.2) is 13.6 Å². The van der Waals surface area contributed by atoms with E-state index in [4.69, 9.17) is 0 Å². The standard InChI is InChI=1S/C19H37N/c1-3-4-5-6-7-8-9-10-13-19(16-20-2)15-17-11-12-18(19)14-17/h17-18,20H,3-16H2,1-2H3. The van der Waals surface area contributed by atoms with Crippen molar-refractivity contribution < 1.29 is 0 Å². The van der Waals surface area contributed by atoms with Crippen LogP contribution in [0.15, 0.2) is 0 Å². The molecule has 2 aliphatic rings. The van der Waals surface area contributed by atoms with E-state index in [1.165, 1.54) is 83.6 Å². The highest BCUT2D eigenvalue weighted by Crippen LogP contribution is 2.57. The van der Waals surface area contributed by atoms with Gasteiger partial charge in [-0.3, -0.25) is 0 Å². The molecule has 2 bridgehead atoms. The van der Waals surface area contributed by atoms with E-state index in [9.17, 15) is 0 Å². The maximum atomic E-state index is 3.51. The molecule has 0 radical (unpaired) electrons. The fourth-order valence-electron chi connectivity index (χ4n) is 5.13. The van der Waals surface area contributed by atoms with E-state index in [0.29, 0.717) is 5.41 Å². The van der Waals surface area contributed by atoms with Crippen LogP contribution < -0.4 is 5.32 Å². The van der Waals surface area contributed by atoms with Crippen molar-refractivity contribution in [1.82, 2.24) is 5.32 Å². The molecule has 0 aromatic carbocycles. The van der Waals surface area contributed by atoms with Crippen molar-refractivity contribution in [2.75, 3.05) is 13.6 Å². The smallest absolute Gasteiger partial charge is 0.000756 e. The van der Waals surface area contributed by atoms with Gasteiger partial charge in [0.25, 0.3) is 0 Å². The Labute approximate surface area is 127 Å². The van der Waals surface area contributed by atoms with Gasteiger partial charge in [-0.1, -0.05) is 64.7 Å². The van der Waals surface area contributed by atoms with E-state index in [1.807, 2.05) is 0 Å². The molecular formula is C19H37N. The molecule has 0 aromatic rings. The zero-order valence-electron chi connectivity index (χ0n) is 14.1. The van der Waals surface area contributed by atoms with Gasteiger partial charge >= 0.3 is 0 Å². The molecule has 0 aliphatic heterocycles. The van der Waals surface area contributed by atoms with Crippen LogP contribution in [0.2, 0.25) is 0 Å². The normalized spacial score (nSPS) is 32.1. The first-order valence-corrected chi connectivity index (χ1v) is 9.45. The molecule has 0 spiro atoms. The highest BCUT2D eigenvalue weighted by molar-refractivity contribution is 5.01. The summed E-state index contributed by atoms with van der Waals surface area (Å²) in [5, 5.41) is 3.51. The number of hydrogen-bond acceptors (Lipinski definition) is 1. The lowest BCUT2D eigenvalue weighted by Gasteiger charge is -2.38. The van der Waals surface area contributed by atoms with Crippen LogP contribution in [0.25, 0.3) is 0 Å². The van der Waals surface area contributed by atoms with Crippen molar-refractivity contribution in [2.45, 2.75) is 90.4 Å². The molecule has 0 heterocycles. The Kier molecular flexibility index (Phi) is 6.87. The first-order valence-electron chi connectivity index (χ1n) is 9.45. The van der Waals surface area contributed by atoms with Crippen LogP contribution in [-0.2, 0) is 0 Å². The van der Waals surface area contributed by atoms with Crippen LogP contribution >= 0.6 is 0 Å². The summed E-state index contributed by atoms with van der Waals surface area (Å²) in [5.74, 6) is 2.15. The Morgan fingerprint density at radius 3 is 2.20 bits per heavy atom.